The van der Waals surface area contributed by atoms with E-state index in [1.54, 1.807) is 0 Å². The van der Waals surface area contributed by atoms with E-state index < -0.39 is 6.09 Å². The fourth-order valence-electron chi connectivity index (χ4n) is 1.10. The number of piperidine rings is 1. The second kappa shape index (κ2) is 3.41. The third-order valence-electron chi connectivity index (χ3n) is 1.63. The van der Waals surface area contributed by atoms with Crippen LogP contribution in [-0.2, 0) is 0 Å². The van der Waals surface area contributed by atoms with Crippen molar-refractivity contribution in [1.29, 1.82) is 0 Å². The highest BCUT2D eigenvalue weighted by atomic mass is 127. The molecule has 0 aliphatic carbocycles. The van der Waals surface area contributed by atoms with Crippen LogP contribution in [-0.4, -0.2) is 33.1 Å². The van der Waals surface area contributed by atoms with Crippen LogP contribution in [0.1, 0.15) is 12.8 Å². The Morgan fingerprint density at radius 1 is 1.70 bits per heavy atom. The summed E-state index contributed by atoms with van der Waals surface area (Å²) in [6, 6.07) is 0. The highest BCUT2D eigenvalue weighted by molar-refractivity contribution is 14.1. The van der Waals surface area contributed by atoms with E-state index in [1.807, 2.05) is 0 Å². The van der Waals surface area contributed by atoms with Gasteiger partial charge in [-0.15, -0.1) is 0 Å². The SMILES string of the molecule is O=C(O)N1CCC[C@H](I)C1. The van der Waals surface area contributed by atoms with Crippen LogP contribution < -0.4 is 0 Å². The van der Waals surface area contributed by atoms with Gasteiger partial charge < -0.3 is 10.0 Å². The lowest BCUT2D eigenvalue weighted by atomic mass is 10.1. The van der Waals surface area contributed by atoms with Crippen molar-refractivity contribution < 1.29 is 9.90 Å². The molecular formula is C6H10INO2. The zero-order valence-electron chi connectivity index (χ0n) is 5.59. The maximum atomic E-state index is 10.4. The first-order valence-corrected chi connectivity index (χ1v) is 4.56. The first-order chi connectivity index (χ1) is 4.70. The number of hydrogen-bond acceptors (Lipinski definition) is 1. The number of halogens is 1. The molecule has 10 heavy (non-hydrogen) atoms. The summed E-state index contributed by atoms with van der Waals surface area (Å²) in [6.07, 6.45) is 1.39. The van der Waals surface area contributed by atoms with E-state index in [1.165, 1.54) is 4.90 Å². The predicted molar refractivity (Wildman–Crippen MR) is 46.6 cm³/mol. The maximum absolute atomic E-state index is 10.4. The molecule has 1 fully saturated rings. The quantitative estimate of drug-likeness (QED) is 0.527. The molecule has 1 N–H and O–H groups in total. The Morgan fingerprint density at radius 2 is 2.40 bits per heavy atom. The van der Waals surface area contributed by atoms with Gasteiger partial charge in [-0.05, 0) is 12.8 Å². The molecular weight excluding hydrogens is 245 g/mol. The van der Waals surface area contributed by atoms with E-state index in [2.05, 4.69) is 22.6 Å². The molecule has 0 saturated carbocycles. The fraction of sp³-hybridized carbons (Fsp3) is 0.833. The number of amides is 1. The van der Waals surface area contributed by atoms with Gasteiger partial charge in [-0.3, -0.25) is 0 Å². The molecule has 0 spiro atoms. The molecule has 0 aromatic rings. The van der Waals surface area contributed by atoms with Crippen molar-refractivity contribution in [1.82, 2.24) is 4.90 Å². The van der Waals surface area contributed by atoms with Crippen LogP contribution in [0.15, 0.2) is 0 Å². The van der Waals surface area contributed by atoms with Gasteiger partial charge in [0.2, 0.25) is 0 Å². The van der Waals surface area contributed by atoms with Gasteiger partial charge in [0.25, 0.3) is 0 Å². The van der Waals surface area contributed by atoms with Crippen LogP contribution in [0.3, 0.4) is 0 Å². The first kappa shape index (κ1) is 8.10. The van der Waals surface area contributed by atoms with E-state index in [0.29, 0.717) is 10.5 Å². The number of rotatable bonds is 0. The van der Waals surface area contributed by atoms with Gasteiger partial charge in [-0.2, -0.15) is 0 Å². The molecule has 1 aliphatic rings. The van der Waals surface area contributed by atoms with Crippen molar-refractivity contribution in [2.45, 2.75) is 16.8 Å². The van der Waals surface area contributed by atoms with Crippen LogP contribution in [0.2, 0.25) is 0 Å². The van der Waals surface area contributed by atoms with Gasteiger partial charge in [-0.25, -0.2) is 4.79 Å². The van der Waals surface area contributed by atoms with E-state index in [4.69, 9.17) is 5.11 Å². The zero-order valence-corrected chi connectivity index (χ0v) is 7.74. The van der Waals surface area contributed by atoms with Crippen molar-refractivity contribution >= 4 is 28.7 Å². The lowest BCUT2D eigenvalue weighted by Gasteiger charge is -2.27. The summed E-state index contributed by atoms with van der Waals surface area (Å²) in [5.74, 6) is 0. The predicted octanol–water partition coefficient (Wildman–Crippen LogP) is 1.56. The standard InChI is InChI=1S/C6H10INO2/c7-5-2-1-3-8(4-5)6(9)10/h5H,1-4H2,(H,9,10)/t5-/m0/s1. The van der Waals surface area contributed by atoms with Crippen LogP contribution >= 0.6 is 22.6 Å². The van der Waals surface area contributed by atoms with Crippen molar-refractivity contribution in [3.63, 3.8) is 0 Å². The van der Waals surface area contributed by atoms with Gasteiger partial charge in [0, 0.05) is 17.0 Å². The molecule has 0 unspecified atom stereocenters. The summed E-state index contributed by atoms with van der Waals surface area (Å²) in [5, 5.41) is 8.58. The Hall–Kier alpha value is 0. The van der Waals surface area contributed by atoms with Crippen molar-refractivity contribution in [3.05, 3.63) is 0 Å². The molecule has 1 heterocycles. The Kier molecular flexibility index (Phi) is 2.76. The normalized spacial score (nSPS) is 26.5. The summed E-state index contributed by atoms with van der Waals surface area (Å²) in [7, 11) is 0. The van der Waals surface area contributed by atoms with Gasteiger partial charge in [0.15, 0.2) is 0 Å². The lowest BCUT2D eigenvalue weighted by Crippen LogP contribution is -2.39. The summed E-state index contributed by atoms with van der Waals surface area (Å²) >= 11 is 2.30. The number of likely N-dealkylation sites (tertiary alicyclic amines) is 1. The Morgan fingerprint density at radius 3 is 2.80 bits per heavy atom. The smallest absolute Gasteiger partial charge is 0.407 e. The van der Waals surface area contributed by atoms with Gasteiger partial charge in [0.05, 0.1) is 0 Å². The largest absolute Gasteiger partial charge is 0.465 e. The van der Waals surface area contributed by atoms with Crippen LogP contribution in [0.4, 0.5) is 4.79 Å². The average Bonchev–Trinajstić information content (AvgIpc) is 1.88. The molecule has 0 radical (unpaired) electrons. The number of carbonyl (C=O) groups is 1. The minimum absolute atomic E-state index is 0.516. The summed E-state index contributed by atoms with van der Waals surface area (Å²) < 4.78 is 0.516. The summed E-state index contributed by atoms with van der Waals surface area (Å²) in [5.41, 5.74) is 0. The Balaban J connectivity index is 2.39. The van der Waals surface area contributed by atoms with Gasteiger partial charge in [-0.1, -0.05) is 22.6 Å². The molecule has 1 rings (SSSR count). The van der Waals surface area contributed by atoms with Gasteiger partial charge >= 0.3 is 6.09 Å². The van der Waals surface area contributed by atoms with E-state index in [0.717, 1.165) is 19.4 Å². The van der Waals surface area contributed by atoms with Gasteiger partial charge in [0.1, 0.15) is 0 Å². The Labute approximate surface area is 73.5 Å². The maximum Gasteiger partial charge on any atom is 0.407 e. The molecule has 1 atom stereocenters. The van der Waals surface area contributed by atoms with Crippen LogP contribution in [0, 0.1) is 0 Å². The fourth-order valence-corrected chi connectivity index (χ4v) is 2.01. The number of alkyl halides is 1. The van der Waals surface area contributed by atoms with Crippen LogP contribution in [0.5, 0.6) is 0 Å². The molecule has 58 valence electrons. The van der Waals surface area contributed by atoms with Crippen LogP contribution in [0.25, 0.3) is 0 Å². The van der Waals surface area contributed by atoms with E-state index in [-0.39, 0.29) is 0 Å². The molecule has 4 heteroatoms. The second-order valence-corrected chi connectivity index (χ2v) is 4.23. The monoisotopic (exact) mass is 255 g/mol. The third-order valence-corrected chi connectivity index (χ3v) is 2.65. The second-order valence-electron chi connectivity index (χ2n) is 2.47. The molecule has 1 aliphatic heterocycles. The van der Waals surface area contributed by atoms with Crippen molar-refractivity contribution in [2.24, 2.45) is 0 Å². The van der Waals surface area contributed by atoms with Crippen molar-refractivity contribution in [2.75, 3.05) is 13.1 Å². The topological polar surface area (TPSA) is 40.5 Å². The molecule has 1 saturated heterocycles. The molecule has 0 aromatic carbocycles. The number of hydrogen-bond donors (Lipinski definition) is 1. The zero-order chi connectivity index (χ0) is 7.56. The number of carboxylic acid groups (broad SMARTS) is 1. The Bertz CT molecular complexity index is 140. The summed E-state index contributed by atoms with van der Waals surface area (Å²) in [6.45, 7) is 1.42. The summed E-state index contributed by atoms with van der Waals surface area (Å²) in [4.78, 5) is 11.9. The first-order valence-electron chi connectivity index (χ1n) is 3.32. The highest BCUT2D eigenvalue weighted by Gasteiger charge is 2.20. The molecule has 3 nitrogen and oxygen atoms in total. The average molecular weight is 255 g/mol. The minimum Gasteiger partial charge on any atom is -0.465 e. The molecule has 1 amide bonds. The number of nitrogens with zero attached hydrogens (tertiary/aromatic N) is 1. The third kappa shape index (κ3) is 2.00. The lowest BCUT2D eigenvalue weighted by molar-refractivity contribution is 0.138. The van der Waals surface area contributed by atoms with E-state index in [9.17, 15) is 4.79 Å². The van der Waals surface area contributed by atoms with Crippen molar-refractivity contribution in [3.8, 4) is 0 Å². The molecule has 0 bridgehead atoms. The highest BCUT2D eigenvalue weighted by Crippen LogP contribution is 2.16. The van der Waals surface area contributed by atoms with E-state index >= 15 is 0 Å². The molecule has 0 aromatic heterocycles. The minimum atomic E-state index is -0.777.